The third kappa shape index (κ3) is 4.08. The minimum absolute atomic E-state index is 0.116. The molecule has 0 radical (unpaired) electrons. The van der Waals surface area contributed by atoms with E-state index in [2.05, 4.69) is 39.3 Å². The molecule has 1 aliphatic heterocycles. The van der Waals surface area contributed by atoms with E-state index in [4.69, 9.17) is 16.6 Å². The number of thiophene rings is 1. The molecule has 2 N–H and O–H groups in total. The summed E-state index contributed by atoms with van der Waals surface area (Å²) in [5, 5.41) is 13.2. The normalized spacial score (nSPS) is 15.1. The molecule has 0 unspecified atom stereocenters. The highest BCUT2D eigenvalue weighted by Gasteiger charge is 2.32. The van der Waals surface area contributed by atoms with Crippen LogP contribution in [0.3, 0.4) is 0 Å². The largest absolute Gasteiger partial charge is 0.345 e. The third-order valence-electron chi connectivity index (χ3n) is 5.74. The number of aliphatic imine (C=N–C) groups is 1. The van der Waals surface area contributed by atoms with Gasteiger partial charge in [-0.2, -0.15) is 0 Å². The van der Waals surface area contributed by atoms with Crippen molar-refractivity contribution in [2.75, 3.05) is 0 Å². The van der Waals surface area contributed by atoms with E-state index in [0.717, 1.165) is 33.2 Å². The fraction of sp³-hybridized carbons (Fsp3) is 0.208. The maximum absolute atomic E-state index is 12.9. The summed E-state index contributed by atoms with van der Waals surface area (Å²) in [5.74, 6) is 1.88. The number of nitrogens with zero attached hydrogens (tertiary/aromatic N) is 5. The predicted octanol–water partition coefficient (Wildman–Crippen LogP) is 4.70. The van der Waals surface area contributed by atoms with Gasteiger partial charge in [0.05, 0.1) is 12.1 Å². The van der Waals surface area contributed by atoms with Crippen LogP contribution in [0.25, 0.3) is 11.1 Å². The molecule has 0 saturated heterocycles. The standard InChI is InChI=1S/C24H22ClN7OS/c1-13-14(2)34-24-21(13)22(16-4-6-17(25)7-5-16)29-18(23-31-30-15(3)32(23)24)12-20(33)28-9-8-19-26-10-11-27-19/h4-11,18H,12H2,1-3H3,(H,26,27)(H,28,33)/b9-8+/t18-/m0/s1. The molecule has 1 aliphatic rings. The van der Waals surface area contributed by atoms with Crippen LogP contribution in [0.2, 0.25) is 5.02 Å². The molecule has 1 aromatic carbocycles. The fourth-order valence-corrected chi connectivity index (χ4v) is 5.29. The summed E-state index contributed by atoms with van der Waals surface area (Å²) in [5.41, 5.74) is 3.95. The lowest BCUT2D eigenvalue weighted by Crippen LogP contribution is -2.20. The van der Waals surface area contributed by atoms with Gasteiger partial charge in [0, 0.05) is 39.6 Å². The highest BCUT2D eigenvalue weighted by Crippen LogP contribution is 2.39. The summed E-state index contributed by atoms with van der Waals surface area (Å²) in [6.07, 6.45) is 6.76. The monoisotopic (exact) mass is 491 g/mol. The summed E-state index contributed by atoms with van der Waals surface area (Å²) in [6.45, 7) is 6.12. The van der Waals surface area contributed by atoms with E-state index in [9.17, 15) is 4.79 Å². The van der Waals surface area contributed by atoms with Crippen molar-refractivity contribution in [2.24, 2.45) is 4.99 Å². The lowest BCUT2D eigenvalue weighted by molar-refractivity contribution is -0.120. The average Bonchev–Trinajstić information content (AvgIpc) is 3.51. The first-order valence-electron chi connectivity index (χ1n) is 10.7. The van der Waals surface area contributed by atoms with Crippen LogP contribution in [0.15, 0.2) is 47.9 Å². The Kier molecular flexibility index (Phi) is 5.89. The fourth-order valence-electron chi connectivity index (χ4n) is 3.95. The number of amides is 1. The van der Waals surface area contributed by atoms with Gasteiger partial charge in [0.15, 0.2) is 5.82 Å². The number of nitrogens with one attached hydrogen (secondary N) is 2. The maximum atomic E-state index is 12.9. The third-order valence-corrected chi connectivity index (χ3v) is 7.19. The summed E-state index contributed by atoms with van der Waals surface area (Å²) in [6, 6.07) is 7.11. The zero-order chi connectivity index (χ0) is 23.8. The van der Waals surface area contributed by atoms with Crippen LogP contribution < -0.4 is 5.32 Å². The number of carbonyl (C=O) groups excluding carboxylic acids is 1. The van der Waals surface area contributed by atoms with Crippen LogP contribution in [-0.4, -0.2) is 36.4 Å². The van der Waals surface area contributed by atoms with Gasteiger partial charge in [-0.05, 0) is 44.5 Å². The second-order valence-corrected chi connectivity index (χ2v) is 9.62. The smallest absolute Gasteiger partial charge is 0.226 e. The van der Waals surface area contributed by atoms with E-state index in [1.807, 2.05) is 35.8 Å². The number of imidazole rings is 1. The molecule has 8 nitrogen and oxygen atoms in total. The van der Waals surface area contributed by atoms with Gasteiger partial charge < -0.3 is 10.3 Å². The topological polar surface area (TPSA) is 101 Å². The Bertz CT molecular complexity index is 1410. The number of benzene rings is 1. The molecule has 172 valence electrons. The summed E-state index contributed by atoms with van der Waals surface area (Å²) < 4.78 is 2.03. The van der Waals surface area contributed by atoms with E-state index < -0.39 is 6.04 Å². The van der Waals surface area contributed by atoms with Crippen molar-refractivity contribution in [3.05, 3.63) is 86.9 Å². The Balaban J connectivity index is 1.56. The number of rotatable bonds is 5. The molecular weight excluding hydrogens is 470 g/mol. The second kappa shape index (κ2) is 9.00. The van der Waals surface area contributed by atoms with Crippen molar-refractivity contribution in [3.8, 4) is 5.00 Å². The molecule has 0 aliphatic carbocycles. The number of H-pyrrole nitrogens is 1. The number of hydrogen-bond donors (Lipinski definition) is 2. The molecule has 5 rings (SSSR count). The van der Waals surface area contributed by atoms with Crippen molar-refractivity contribution in [1.29, 1.82) is 0 Å². The number of hydrogen-bond acceptors (Lipinski definition) is 6. The Morgan fingerprint density at radius 3 is 2.76 bits per heavy atom. The van der Waals surface area contributed by atoms with Crippen LogP contribution in [0.4, 0.5) is 0 Å². The van der Waals surface area contributed by atoms with Gasteiger partial charge >= 0.3 is 0 Å². The maximum Gasteiger partial charge on any atom is 0.226 e. The molecule has 0 spiro atoms. The van der Waals surface area contributed by atoms with Crippen molar-refractivity contribution in [3.63, 3.8) is 0 Å². The quantitative estimate of drug-likeness (QED) is 0.422. The van der Waals surface area contributed by atoms with E-state index in [1.54, 1.807) is 36.0 Å². The zero-order valence-corrected chi connectivity index (χ0v) is 20.4. The van der Waals surface area contributed by atoms with Gasteiger partial charge in [-0.1, -0.05) is 23.7 Å². The molecular formula is C24H22ClN7OS. The molecule has 0 bridgehead atoms. The lowest BCUT2D eigenvalue weighted by Gasteiger charge is -2.12. The molecule has 3 aromatic heterocycles. The van der Waals surface area contributed by atoms with Gasteiger partial charge in [0.1, 0.15) is 22.7 Å². The van der Waals surface area contributed by atoms with Crippen molar-refractivity contribution in [1.82, 2.24) is 30.0 Å². The Morgan fingerprint density at radius 1 is 1.24 bits per heavy atom. The molecule has 4 heterocycles. The molecule has 10 heteroatoms. The highest BCUT2D eigenvalue weighted by molar-refractivity contribution is 7.15. The summed E-state index contributed by atoms with van der Waals surface area (Å²) >= 11 is 7.83. The molecule has 1 atom stereocenters. The molecule has 0 saturated carbocycles. The second-order valence-electron chi connectivity index (χ2n) is 7.98. The van der Waals surface area contributed by atoms with Crippen molar-refractivity contribution < 1.29 is 4.79 Å². The number of aryl methyl sites for hydroxylation is 2. The summed E-state index contributed by atoms with van der Waals surface area (Å²) in [4.78, 5) is 26.2. The van der Waals surface area contributed by atoms with Crippen molar-refractivity contribution in [2.45, 2.75) is 33.2 Å². The Morgan fingerprint density at radius 2 is 2.03 bits per heavy atom. The van der Waals surface area contributed by atoms with Crippen LogP contribution in [-0.2, 0) is 4.79 Å². The highest BCUT2D eigenvalue weighted by atomic mass is 35.5. The Labute approximate surface area is 205 Å². The first-order valence-corrected chi connectivity index (χ1v) is 11.9. The van der Waals surface area contributed by atoms with E-state index in [-0.39, 0.29) is 12.3 Å². The van der Waals surface area contributed by atoms with E-state index in [1.165, 1.54) is 4.88 Å². The molecule has 34 heavy (non-hydrogen) atoms. The number of carbonyl (C=O) groups is 1. The van der Waals surface area contributed by atoms with Crippen LogP contribution in [0.1, 0.15) is 51.5 Å². The number of halogens is 1. The van der Waals surface area contributed by atoms with Gasteiger partial charge in [0.2, 0.25) is 5.91 Å². The number of aromatic nitrogens is 5. The minimum Gasteiger partial charge on any atom is -0.345 e. The first-order chi connectivity index (χ1) is 16.4. The van der Waals surface area contributed by atoms with Gasteiger partial charge in [0.25, 0.3) is 0 Å². The van der Waals surface area contributed by atoms with Gasteiger partial charge in [-0.3, -0.25) is 14.4 Å². The molecule has 4 aromatic rings. The molecule has 0 fully saturated rings. The van der Waals surface area contributed by atoms with Crippen molar-refractivity contribution >= 4 is 40.6 Å². The van der Waals surface area contributed by atoms with Crippen LogP contribution in [0, 0.1) is 20.8 Å². The SMILES string of the molecule is Cc1sc2c(c1C)C(c1ccc(Cl)cc1)=N[C@@H](CC(=O)N/C=C/c1ncc[nH]1)c1nnc(C)n1-2. The number of fused-ring (bicyclic) bond motifs is 3. The number of aromatic amines is 1. The van der Waals surface area contributed by atoms with Gasteiger partial charge in [-0.25, -0.2) is 4.98 Å². The Hall–Kier alpha value is -3.56. The molecule has 1 amide bonds. The summed E-state index contributed by atoms with van der Waals surface area (Å²) in [7, 11) is 0. The zero-order valence-electron chi connectivity index (χ0n) is 18.8. The van der Waals surface area contributed by atoms with E-state index in [0.29, 0.717) is 16.7 Å². The van der Waals surface area contributed by atoms with E-state index >= 15 is 0 Å². The van der Waals surface area contributed by atoms with Crippen LogP contribution >= 0.6 is 22.9 Å². The predicted molar refractivity (Wildman–Crippen MR) is 134 cm³/mol. The average molecular weight is 492 g/mol. The van der Waals surface area contributed by atoms with Gasteiger partial charge in [-0.15, -0.1) is 21.5 Å². The van der Waals surface area contributed by atoms with Crippen LogP contribution in [0.5, 0.6) is 0 Å². The minimum atomic E-state index is -0.511. The lowest BCUT2D eigenvalue weighted by atomic mass is 9.99. The first kappa shape index (κ1) is 22.2.